The number of para-hydroxylation sites is 1. The van der Waals surface area contributed by atoms with E-state index >= 15 is 0 Å². The van der Waals surface area contributed by atoms with Gasteiger partial charge in [0.25, 0.3) is 0 Å². The molecule has 1 unspecified atom stereocenters. The number of nitrogens with zero attached hydrogens (tertiary/aromatic N) is 2. The fraction of sp³-hybridized carbons (Fsp3) is 0.526. The quantitative estimate of drug-likeness (QED) is 0.853. The van der Waals surface area contributed by atoms with Crippen molar-refractivity contribution in [3.05, 3.63) is 29.8 Å². The minimum Gasteiger partial charge on any atom is -0.496 e. The van der Waals surface area contributed by atoms with E-state index in [-0.39, 0.29) is 24.1 Å². The van der Waals surface area contributed by atoms with E-state index in [1.807, 2.05) is 29.2 Å². The van der Waals surface area contributed by atoms with E-state index in [2.05, 4.69) is 5.32 Å². The van der Waals surface area contributed by atoms with Gasteiger partial charge in [-0.2, -0.15) is 0 Å². The van der Waals surface area contributed by atoms with Crippen LogP contribution in [0.5, 0.6) is 5.75 Å². The topological polar surface area (TPSA) is 79.0 Å². The first-order valence-corrected chi connectivity index (χ1v) is 9.06. The second-order valence-corrected chi connectivity index (χ2v) is 6.71. The average molecular weight is 359 g/mol. The molecule has 7 heteroatoms. The summed E-state index contributed by atoms with van der Waals surface area (Å²) in [4.78, 5) is 40.1. The van der Waals surface area contributed by atoms with Crippen molar-refractivity contribution < 1.29 is 19.1 Å². The lowest BCUT2D eigenvalue weighted by Gasteiger charge is -2.24. The molecule has 2 aliphatic heterocycles. The number of ether oxygens (including phenoxy) is 1. The summed E-state index contributed by atoms with van der Waals surface area (Å²) < 4.78 is 5.31. The number of benzene rings is 1. The molecule has 2 fully saturated rings. The van der Waals surface area contributed by atoms with Gasteiger partial charge in [-0.15, -0.1) is 0 Å². The number of hydrogen-bond donors (Lipinski definition) is 1. The zero-order chi connectivity index (χ0) is 18.5. The van der Waals surface area contributed by atoms with Crippen LogP contribution < -0.4 is 10.1 Å². The van der Waals surface area contributed by atoms with Gasteiger partial charge in [0.15, 0.2) is 0 Å². The number of amides is 3. The lowest BCUT2D eigenvalue weighted by Crippen LogP contribution is -2.46. The van der Waals surface area contributed by atoms with Gasteiger partial charge < -0.3 is 19.9 Å². The Morgan fingerprint density at radius 2 is 1.88 bits per heavy atom. The first-order chi connectivity index (χ1) is 12.6. The summed E-state index contributed by atoms with van der Waals surface area (Å²) in [5.41, 5.74) is 0.867. The second-order valence-electron chi connectivity index (χ2n) is 6.71. The van der Waals surface area contributed by atoms with Crippen molar-refractivity contribution in [3.8, 4) is 5.75 Å². The highest BCUT2D eigenvalue weighted by atomic mass is 16.5. The molecule has 0 spiro atoms. The Morgan fingerprint density at radius 3 is 2.62 bits per heavy atom. The summed E-state index contributed by atoms with van der Waals surface area (Å²) in [6.45, 7) is 2.27. The maximum Gasteiger partial charge on any atom is 0.245 e. The summed E-state index contributed by atoms with van der Waals surface area (Å²) in [6.07, 6.45) is 2.00. The van der Waals surface area contributed by atoms with Crippen LogP contribution in [0.3, 0.4) is 0 Å². The average Bonchev–Trinajstić information content (AvgIpc) is 2.93. The normalized spacial score (nSPS) is 20.5. The number of nitrogens with one attached hydrogen (secondary N) is 1. The fourth-order valence-corrected chi connectivity index (χ4v) is 3.53. The SMILES string of the molecule is COc1ccccc1CC(=O)N1CCCN(C(=O)C2CCC(=O)N2)CC1. The molecule has 3 rings (SSSR count). The summed E-state index contributed by atoms with van der Waals surface area (Å²) in [7, 11) is 1.60. The molecule has 1 aromatic rings. The van der Waals surface area contributed by atoms with E-state index in [0.717, 1.165) is 12.0 Å². The molecule has 3 amide bonds. The molecule has 1 atom stereocenters. The molecular weight excluding hydrogens is 334 g/mol. The molecule has 2 heterocycles. The van der Waals surface area contributed by atoms with Crippen LogP contribution in [0.25, 0.3) is 0 Å². The minimum atomic E-state index is -0.404. The zero-order valence-electron chi connectivity index (χ0n) is 15.1. The zero-order valence-corrected chi connectivity index (χ0v) is 15.1. The van der Waals surface area contributed by atoms with Crippen LogP contribution in [0.1, 0.15) is 24.8 Å². The Morgan fingerprint density at radius 1 is 1.15 bits per heavy atom. The van der Waals surface area contributed by atoms with Gasteiger partial charge in [-0.3, -0.25) is 14.4 Å². The van der Waals surface area contributed by atoms with Gasteiger partial charge in [0.05, 0.1) is 13.5 Å². The van der Waals surface area contributed by atoms with Gasteiger partial charge in [-0.1, -0.05) is 18.2 Å². The van der Waals surface area contributed by atoms with Crippen molar-refractivity contribution in [2.45, 2.75) is 31.7 Å². The number of methoxy groups -OCH3 is 1. The number of carbonyl (C=O) groups is 3. The highest BCUT2D eigenvalue weighted by Gasteiger charge is 2.32. The molecule has 0 saturated carbocycles. The maximum absolute atomic E-state index is 12.7. The van der Waals surface area contributed by atoms with Crippen LogP contribution in [-0.4, -0.2) is 66.9 Å². The maximum atomic E-state index is 12.7. The van der Waals surface area contributed by atoms with Crippen molar-refractivity contribution in [3.63, 3.8) is 0 Å². The molecule has 0 aliphatic carbocycles. The predicted molar refractivity (Wildman–Crippen MR) is 95.6 cm³/mol. The lowest BCUT2D eigenvalue weighted by atomic mass is 10.1. The van der Waals surface area contributed by atoms with Gasteiger partial charge in [-0.25, -0.2) is 0 Å². The molecule has 1 aromatic carbocycles. The van der Waals surface area contributed by atoms with Crippen molar-refractivity contribution in [1.82, 2.24) is 15.1 Å². The van der Waals surface area contributed by atoms with Crippen LogP contribution in [0, 0.1) is 0 Å². The Balaban J connectivity index is 1.57. The molecule has 0 bridgehead atoms. The highest BCUT2D eigenvalue weighted by molar-refractivity contribution is 5.90. The van der Waals surface area contributed by atoms with Gasteiger partial charge in [0.1, 0.15) is 11.8 Å². The Hall–Kier alpha value is -2.57. The van der Waals surface area contributed by atoms with Crippen molar-refractivity contribution in [1.29, 1.82) is 0 Å². The lowest BCUT2D eigenvalue weighted by molar-refractivity contribution is -0.135. The van der Waals surface area contributed by atoms with E-state index in [0.29, 0.717) is 44.8 Å². The van der Waals surface area contributed by atoms with E-state index in [1.165, 1.54) is 0 Å². The van der Waals surface area contributed by atoms with Crippen molar-refractivity contribution in [2.75, 3.05) is 33.3 Å². The van der Waals surface area contributed by atoms with Gasteiger partial charge >= 0.3 is 0 Å². The van der Waals surface area contributed by atoms with Crippen LogP contribution in [0.15, 0.2) is 24.3 Å². The monoisotopic (exact) mass is 359 g/mol. The van der Waals surface area contributed by atoms with Gasteiger partial charge in [0.2, 0.25) is 17.7 Å². The van der Waals surface area contributed by atoms with E-state index < -0.39 is 6.04 Å². The first kappa shape index (κ1) is 18.2. The molecule has 26 heavy (non-hydrogen) atoms. The molecule has 1 N–H and O–H groups in total. The van der Waals surface area contributed by atoms with Gasteiger partial charge in [0, 0.05) is 38.2 Å². The summed E-state index contributed by atoms with van der Waals surface area (Å²) in [5, 5.41) is 2.73. The molecule has 2 saturated heterocycles. The molecule has 7 nitrogen and oxygen atoms in total. The molecule has 0 aromatic heterocycles. The molecule has 2 aliphatic rings. The minimum absolute atomic E-state index is 0.0325. The summed E-state index contributed by atoms with van der Waals surface area (Å²) >= 11 is 0. The van der Waals surface area contributed by atoms with E-state index in [1.54, 1.807) is 12.0 Å². The second kappa shape index (κ2) is 8.21. The largest absolute Gasteiger partial charge is 0.496 e. The molecule has 140 valence electrons. The Kier molecular flexibility index (Phi) is 5.75. The fourth-order valence-electron chi connectivity index (χ4n) is 3.53. The highest BCUT2D eigenvalue weighted by Crippen LogP contribution is 2.19. The van der Waals surface area contributed by atoms with E-state index in [4.69, 9.17) is 4.74 Å². The van der Waals surface area contributed by atoms with Crippen LogP contribution in [-0.2, 0) is 20.8 Å². The number of carbonyl (C=O) groups excluding carboxylic acids is 3. The van der Waals surface area contributed by atoms with Crippen LogP contribution in [0.4, 0.5) is 0 Å². The smallest absolute Gasteiger partial charge is 0.245 e. The molecule has 0 radical (unpaired) electrons. The van der Waals surface area contributed by atoms with Gasteiger partial charge in [-0.05, 0) is 18.9 Å². The van der Waals surface area contributed by atoms with Crippen LogP contribution in [0.2, 0.25) is 0 Å². The third kappa shape index (κ3) is 4.15. The van der Waals surface area contributed by atoms with Crippen molar-refractivity contribution >= 4 is 17.7 Å². The van der Waals surface area contributed by atoms with E-state index in [9.17, 15) is 14.4 Å². The standard InChI is InChI=1S/C19H25N3O4/c1-26-16-6-3-2-5-14(16)13-18(24)21-9-4-10-22(12-11-21)19(25)15-7-8-17(23)20-15/h2-3,5-6,15H,4,7-13H2,1H3,(H,20,23). The summed E-state index contributed by atoms with van der Waals surface area (Å²) in [5.74, 6) is 0.657. The third-order valence-corrected chi connectivity index (χ3v) is 4.99. The van der Waals surface area contributed by atoms with Crippen molar-refractivity contribution in [2.24, 2.45) is 0 Å². The Bertz CT molecular complexity index is 691. The summed E-state index contributed by atoms with van der Waals surface area (Å²) in [6, 6.07) is 7.11. The third-order valence-electron chi connectivity index (χ3n) is 4.99. The predicted octanol–water partition coefficient (Wildman–Crippen LogP) is 0.577. The Labute approximate surface area is 153 Å². The number of hydrogen-bond acceptors (Lipinski definition) is 4. The first-order valence-electron chi connectivity index (χ1n) is 9.06. The number of rotatable bonds is 4. The molecular formula is C19H25N3O4. The van der Waals surface area contributed by atoms with Crippen LogP contribution >= 0.6 is 0 Å².